The summed E-state index contributed by atoms with van der Waals surface area (Å²) in [6.45, 7) is 1.58. The quantitative estimate of drug-likeness (QED) is 0.314. The number of ether oxygens (including phenoxy) is 1. The Morgan fingerprint density at radius 3 is 2.67 bits per heavy atom. The minimum Gasteiger partial charge on any atom is -0.383 e. The fourth-order valence-electron chi connectivity index (χ4n) is 2.45. The zero-order valence-corrected chi connectivity index (χ0v) is 17.6. The first-order valence-corrected chi connectivity index (χ1v) is 11.9. The number of aromatic nitrogens is 2. The van der Waals surface area contributed by atoms with Crippen molar-refractivity contribution < 1.29 is 22.7 Å². The van der Waals surface area contributed by atoms with Gasteiger partial charge in [0.1, 0.15) is 0 Å². The smallest absolute Gasteiger partial charge is 0.230 e. The highest BCUT2D eigenvalue weighted by atomic mass is 32.2. The highest BCUT2D eigenvalue weighted by Crippen LogP contribution is 2.27. The van der Waals surface area contributed by atoms with Crippen LogP contribution in [-0.2, 0) is 24.3 Å². The number of carbonyl (C=O) groups excluding carboxylic acids is 2. The molecular weight excluding hydrogens is 414 g/mol. The van der Waals surface area contributed by atoms with Crippen molar-refractivity contribution in [3.63, 3.8) is 0 Å². The predicted octanol–water partition coefficient (Wildman–Crippen LogP) is 0.00290. The number of hydrogen-bond acceptors (Lipinski definition) is 9. The Hall–Kier alpha value is -1.28. The standard InChI is InChI=1S/C14H23N5O5S3/c1-24-8-5-15-11(20)9-25-14-18-17-13(26-14)16-12(21)10-3-6-19(7-4-10)27(2,22)23/h10H,3-9H2,1-2H3,(H,15,20)(H,16,17,21). The lowest BCUT2D eigenvalue weighted by atomic mass is 9.97. The number of anilines is 1. The maximum Gasteiger partial charge on any atom is 0.230 e. The van der Waals surface area contributed by atoms with Crippen molar-refractivity contribution in [3.05, 3.63) is 0 Å². The topological polar surface area (TPSA) is 131 Å². The average Bonchev–Trinajstić information content (AvgIpc) is 3.07. The lowest BCUT2D eigenvalue weighted by Crippen LogP contribution is -2.40. The van der Waals surface area contributed by atoms with E-state index in [4.69, 9.17) is 4.74 Å². The molecule has 1 aromatic rings. The highest BCUT2D eigenvalue weighted by Gasteiger charge is 2.29. The number of piperidine rings is 1. The van der Waals surface area contributed by atoms with Gasteiger partial charge < -0.3 is 15.4 Å². The summed E-state index contributed by atoms with van der Waals surface area (Å²) < 4.78 is 29.8. The Morgan fingerprint density at radius 1 is 1.33 bits per heavy atom. The number of methoxy groups -OCH3 is 1. The summed E-state index contributed by atoms with van der Waals surface area (Å²) in [4.78, 5) is 24.0. The lowest BCUT2D eigenvalue weighted by Gasteiger charge is -2.29. The Balaban J connectivity index is 1.75. The van der Waals surface area contributed by atoms with Gasteiger partial charge in [0.15, 0.2) is 4.34 Å². The fraction of sp³-hybridized carbons (Fsp3) is 0.714. The van der Waals surface area contributed by atoms with Crippen LogP contribution in [0.5, 0.6) is 0 Å². The molecule has 1 aromatic heterocycles. The fourth-order valence-corrected chi connectivity index (χ4v) is 4.91. The van der Waals surface area contributed by atoms with Gasteiger partial charge in [-0.2, -0.15) is 0 Å². The summed E-state index contributed by atoms with van der Waals surface area (Å²) in [5, 5.41) is 13.7. The highest BCUT2D eigenvalue weighted by molar-refractivity contribution is 8.01. The van der Waals surface area contributed by atoms with E-state index in [1.54, 1.807) is 7.11 Å². The number of nitrogens with one attached hydrogen (secondary N) is 2. The number of nitrogens with zero attached hydrogens (tertiary/aromatic N) is 3. The molecule has 0 radical (unpaired) electrons. The molecule has 27 heavy (non-hydrogen) atoms. The second kappa shape index (κ2) is 10.3. The van der Waals surface area contributed by atoms with Crippen molar-refractivity contribution in [2.24, 2.45) is 5.92 Å². The second-order valence-electron chi connectivity index (χ2n) is 5.93. The van der Waals surface area contributed by atoms with Gasteiger partial charge in [-0.05, 0) is 12.8 Å². The zero-order valence-electron chi connectivity index (χ0n) is 15.1. The molecule has 2 rings (SSSR count). The second-order valence-corrected chi connectivity index (χ2v) is 10.1. The zero-order chi connectivity index (χ0) is 19.9. The molecule has 13 heteroatoms. The monoisotopic (exact) mass is 437 g/mol. The van der Waals surface area contributed by atoms with E-state index in [1.165, 1.54) is 33.7 Å². The summed E-state index contributed by atoms with van der Waals surface area (Å²) in [7, 11) is -1.65. The number of hydrogen-bond donors (Lipinski definition) is 2. The normalized spacial score (nSPS) is 16.2. The van der Waals surface area contributed by atoms with E-state index in [-0.39, 0.29) is 23.5 Å². The van der Waals surface area contributed by atoms with E-state index in [1.807, 2.05) is 0 Å². The molecule has 2 N–H and O–H groups in total. The van der Waals surface area contributed by atoms with Crippen LogP contribution in [0.15, 0.2) is 4.34 Å². The van der Waals surface area contributed by atoms with Gasteiger partial charge >= 0.3 is 0 Å². The van der Waals surface area contributed by atoms with Gasteiger partial charge in [-0.25, -0.2) is 12.7 Å². The molecule has 152 valence electrons. The van der Waals surface area contributed by atoms with E-state index < -0.39 is 10.0 Å². The minimum absolute atomic E-state index is 0.129. The largest absolute Gasteiger partial charge is 0.383 e. The third kappa shape index (κ3) is 7.33. The predicted molar refractivity (Wildman–Crippen MR) is 103 cm³/mol. The van der Waals surface area contributed by atoms with Crippen LogP contribution in [0.2, 0.25) is 0 Å². The summed E-state index contributed by atoms with van der Waals surface area (Å²) in [5.74, 6) is -0.367. The number of amides is 2. The Morgan fingerprint density at radius 2 is 2.04 bits per heavy atom. The third-order valence-corrected chi connectivity index (χ3v) is 7.16. The molecule has 0 spiro atoms. The molecule has 0 bridgehead atoms. The van der Waals surface area contributed by atoms with Crippen LogP contribution in [0.3, 0.4) is 0 Å². The first-order valence-electron chi connectivity index (χ1n) is 8.27. The van der Waals surface area contributed by atoms with Crippen LogP contribution in [0.4, 0.5) is 5.13 Å². The van der Waals surface area contributed by atoms with Crippen molar-refractivity contribution in [2.75, 3.05) is 50.7 Å². The average molecular weight is 438 g/mol. The Bertz CT molecular complexity index is 746. The van der Waals surface area contributed by atoms with Crippen molar-refractivity contribution in [2.45, 2.75) is 17.2 Å². The van der Waals surface area contributed by atoms with Crippen LogP contribution in [-0.4, -0.2) is 80.1 Å². The first-order chi connectivity index (χ1) is 12.8. The molecule has 0 atom stereocenters. The molecule has 1 saturated heterocycles. The van der Waals surface area contributed by atoms with Crippen LogP contribution in [0.1, 0.15) is 12.8 Å². The molecule has 0 unspecified atom stereocenters. The number of carbonyl (C=O) groups is 2. The molecule has 0 aromatic carbocycles. The number of sulfonamides is 1. The molecule has 0 aliphatic carbocycles. The van der Waals surface area contributed by atoms with E-state index in [9.17, 15) is 18.0 Å². The third-order valence-electron chi connectivity index (χ3n) is 3.89. The maximum atomic E-state index is 12.3. The van der Waals surface area contributed by atoms with Gasteiger partial charge in [-0.3, -0.25) is 9.59 Å². The van der Waals surface area contributed by atoms with Gasteiger partial charge in [0.25, 0.3) is 0 Å². The number of rotatable bonds is 9. The van der Waals surface area contributed by atoms with E-state index in [0.29, 0.717) is 48.6 Å². The molecule has 1 aliphatic heterocycles. The molecule has 1 aliphatic rings. The van der Waals surface area contributed by atoms with Gasteiger partial charge in [0.2, 0.25) is 27.0 Å². The molecular formula is C14H23N5O5S3. The van der Waals surface area contributed by atoms with Crippen LogP contribution < -0.4 is 10.6 Å². The van der Waals surface area contributed by atoms with Crippen molar-refractivity contribution in [1.29, 1.82) is 0 Å². The van der Waals surface area contributed by atoms with E-state index >= 15 is 0 Å². The van der Waals surface area contributed by atoms with Gasteiger partial charge in [-0.15, -0.1) is 10.2 Å². The Labute approximate surface area is 166 Å². The minimum atomic E-state index is -3.21. The first kappa shape index (κ1) is 22.0. The lowest BCUT2D eigenvalue weighted by molar-refractivity contribution is -0.121. The molecule has 0 saturated carbocycles. The summed E-state index contributed by atoms with van der Waals surface area (Å²) >= 11 is 2.44. The SMILES string of the molecule is COCCNC(=O)CSc1nnc(NC(=O)C2CCN(S(C)(=O)=O)CC2)s1. The molecule has 1 fully saturated rings. The van der Waals surface area contributed by atoms with E-state index in [0.717, 1.165) is 0 Å². The van der Waals surface area contributed by atoms with Crippen molar-refractivity contribution in [3.8, 4) is 0 Å². The summed E-state index contributed by atoms with van der Waals surface area (Å²) in [5.41, 5.74) is 0. The maximum absolute atomic E-state index is 12.3. The Kier molecular flexibility index (Phi) is 8.41. The van der Waals surface area contributed by atoms with Gasteiger partial charge in [-0.1, -0.05) is 23.1 Å². The summed E-state index contributed by atoms with van der Waals surface area (Å²) in [6, 6.07) is 0. The van der Waals surface area contributed by atoms with Crippen molar-refractivity contribution >= 4 is 50.1 Å². The van der Waals surface area contributed by atoms with E-state index in [2.05, 4.69) is 20.8 Å². The van der Waals surface area contributed by atoms with Crippen LogP contribution >= 0.6 is 23.1 Å². The number of thioether (sulfide) groups is 1. The molecule has 10 nitrogen and oxygen atoms in total. The molecule has 2 heterocycles. The van der Waals surface area contributed by atoms with Crippen LogP contribution in [0, 0.1) is 5.92 Å². The van der Waals surface area contributed by atoms with Crippen LogP contribution in [0.25, 0.3) is 0 Å². The van der Waals surface area contributed by atoms with Gasteiger partial charge in [0.05, 0.1) is 18.6 Å². The van der Waals surface area contributed by atoms with Crippen molar-refractivity contribution in [1.82, 2.24) is 19.8 Å². The summed E-state index contributed by atoms with van der Waals surface area (Å²) in [6.07, 6.45) is 2.12. The van der Waals surface area contributed by atoms with Gasteiger partial charge in [0, 0.05) is 32.7 Å². The molecule has 2 amide bonds.